The van der Waals surface area contributed by atoms with Gasteiger partial charge in [-0.25, -0.2) is 4.79 Å². The van der Waals surface area contributed by atoms with Crippen molar-refractivity contribution in [2.45, 2.75) is 38.5 Å². The fourth-order valence-electron chi connectivity index (χ4n) is 3.04. The molecule has 1 aliphatic rings. The molecule has 1 saturated heterocycles. The molecule has 0 radical (unpaired) electrons. The Labute approximate surface area is 142 Å². The molecule has 1 aromatic carbocycles. The van der Waals surface area contributed by atoms with Crippen LogP contribution in [0.2, 0.25) is 0 Å². The van der Waals surface area contributed by atoms with Gasteiger partial charge in [-0.2, -0.15) is 4.98 Å². The van der Waals surface area contributed by atoms with Crippen molar-refractivity contribution in [3.8, 4) is 0 Å². The number of nitrogens with zero attached hydrogens (tertiary/aromatic N) is 3. The molecule has 128 valence electrons. The molecule has 2 aromatic rings. The summed E-state index contributed by atoms with van der Waals surface area (Å²) in [6.45, 7) is 6.01. The normalized spacial score (nSPS) is 16.8. The molecule has 0 spiro atoms. The minimum absolute atomic E-state index is 0.0114. The van der Waals surface area contributed by atoms with Gasteiger partial charge in [-0.15, -0.1) is 0 Å². The third-order valence-electron chi connectivity index (χ3n) is 4.75. The molecule has 1 N–H and O–H groups in total. The topological polar surface area (TPSA) is 71.3 Å². The number of aromatic nitrogens is 2. The number of rotatable bonds is 4. The number of urea groups is 1. The highest BCUT2D eigenvalue weighted by molar-refractivity contribution is 5.74. The van der Waals surface area contributed by atoms with E-state index in [-0.39, 0.29) is 11.4 Å². The first-order valence-electron chi connectivity index (χ1n) is 8.44. The fourth-order valence-corrected chi connectivity index (χ4v) is 3.04. The fraction of sp³-hybridized carbons (Fsp3) is 0.500. The van der Waals surface area contributed by atoms with Crippen molar-refractivity contribution in [2.24, 2.45) is 0 Å². The lowest BCUT2D eigenvalue weighted by molar-refractivity contribution is 0.159. The number of amides is 2. The summed E-state index contributed by atoms with van der Waals surface area (Å²) in [7, 11) is 0. The summed E-state index contributed by atoms with van der Waals surface area (Å²) in [6, 6.07) is 10.2. The van der Waals surface area contributed by atoms with Gasteiger partial charge in [0.15, 0.2) is 5.82 Å². The van der Waals surface area contributed by atoms with Crippen LogP contribution in [-0.2, 0) is 11.8 Å². The third-order valence-corrected chi connectivity index (χ3v) is 4.75. The lowest BCUT2D eigenvalue weighted by Gasteiger charge is -2.37. The number of aryl methyl sites for hydroxylation is 1. The van der Waals surface area contributed by atoms with Crippen LogP contribution in [0.25, 0.3) is 0 Å². The third kappa shape index (κ3) is 3.75. The summed E-state index contributed by atoms with van der Waals surface area (Å²) in [5.74, 6) is 1.34. The number of piperidine rings is 1. The smallest absolute Gasteiger partial charge is 0.317 e. The standard InChI is InChI=1S/C18H24N4O2/c1-14-20-16(21-24-14)18(2)9-12-22(13-10-18)17(23)19-11-8-15-6-4-3-5-7-15/h3-7H,8-13H2,1-2H3,(H,19,23). The van der Waals surface area contributed by atoms with Crippen LogP contribution in [0.15, 0.2) is 34.9 Å². The summed E-state index contributed by atoms with van der Waals surface area (Å²) < 4.78 is 5.10. The average molecular weight is 328 g/mol. The molecule has 0 saturated carbocycles. The van der Waals surface area contributed by atoms with Gasteiger partial charge >= 0.3 is 6.03 Å². The summed E-state index contributed by atoms with van der Waals surface area (Å²) in [5, 5.41) is 7.07. The monoisotopic (exact) mass is 328 g/mol. The molecule has 1 fully saturated rings. The van der Waals surface area contributed by atoms with Gasteiger partial charge in [0.2, 0.25) is 5.89 Å². The van der Waals surface area contributed by atoms with E-state index < -0.39 is 0 Å². The van der Waals surface area contributed by atoms with E-state index in [4.69, 9.17) is 4.52 Å². The number of nitrogens with one attached hydrogen (secondary N) is 1. The largest absolute Gasteiger partial charge is 0.340 e. The SMILES string of the molecule is Cc1nc(C2(C)CCN(C(=O)NCCc3ccccc3)CC2)no1. The molecule has 0 atom stereocenters. The molecular weight excluding hydrogens is 304 g/mol. The van der Waals surface area contributed by atoms with Crippen molar-refractivity contribution < 1.29 is 9.32 Å². The molecule has 0 bridgehead atoms. The quantitative estimate of drug-likeness (QED) is 0.937. The summed E-state index contributed by atoms with van der Waals surface area (Å²) >= 11 is 0. The average Bonchev–Trinajstić information content (AvgIpc) is 3.04. The molecule has 6 nitrogen and oxygen atoms in total. The maximum Gasteiger partial charge on any atom is 0.317 e. The molecule has 24 heavy (non-hydrogen) atoms. The summed E-state index contributed by atoms with van der Waals surface area (Å²) in [5.41, 5.74) is 1.12. The van der Waals surface area contributed by atoms with Gasteiger partial charge in [0.25, 0.3) is 0 Å². The Morgan fingerprint density at radius 1 is 1.29 bits per heavy atom. The highest BCUT2D eigenvalue weighted by Crippen LogP contribution is 2.33. The first kappa shape index (κ1) is 16.5. The van der Waals surface area contributed by atoms with Gasteiger partial charge in [-0.05, 0) is 24.8 Å². The van der Waals surface area contributed by atoms with Gasteiger partial charge < -0.3 is 14.7 Å². The Morgan fingerprint density at radius 2 is 2.00 bits per heavy atom. The van der Waals surface area contributed by atoms with Crippen molar-refractivity contribution >= 4 is 6.03 Å². The van der Waals surface area contributed by atoms with E-state index in [1.807, 2.05) is 23.1 Å². The van der Waals surface area contributed by atoms with Crippen LogP contribution < -0.4 is 5.32 Å². The minimum Gasteiger partial charge on any atom is -0.340 e. The van der Waals surface area contributed by atoms with Crippen LogP contribution in [-0.4, -0.2) is 40.7 Å². The van der Waals surface area contributed by atoms with Crippen LogP contribution in [0.4, 0.5) is 4.79 Å². The van der Waals surface area contributed by atoms with E-state index in [0.29, 0.717) is 25.5 Å². The number of benzene rings is 1. The van der Waals surface area contributed by atoms with E-state index in [2.05, 4.69) is 34.5 Å². The van der Waals surface area contributed by atoms with Crippen LogP contribution in [0.5, 0.6) is 0 Å². The molecule has 0 unspecified atom stereocenters. The Kier molecular flexibility index (Phi) is 4.83. The second-order valence-corrected chi connectivity index (χ2v) is 6.65. The second-order valence-electron chi connectivity index (χ2n) is 6.65. The second kappa shape index (κ2) is 7.03. The summed E-state index contributed by atoms with van der Waals surface area (Å²) in [4.78, 5) is 18.5. The molecular formula is C18H24N4O2. The van der Waals surface area contributed by atoms with E-state index in [1.54, 1.807) is 6.92 Å². The van der Waals surface area contributed by atoms with Gasteiger partial charge in [-0.3, -0.25) is 0 Å². The first-order valence-corrected chi connectivity index (χ1v) is 8.44. The van der Waals surface area contributed by atoms with Crippen LogP contribution in [0.1, 0.15) is 37.0 Å². The minimum atomic E-state index is -0.113. The molecule has 1 aliphatic heterocycles. The zero-order valence-corrected chi connectivity index (χ0v) is 14.3. The van der Waals surface area contributed by atoms with E-state index >= 15 is 0 Å². The molecule has 0 aliphatic carbocycles. The lowest BCUT2D eigenvalue weighted by Crippen LogP contribution is -2.48. The van der Waals surface area contributed by atoms with Crippen molar-refractivity contribution in [1.82, 2.24) is 20.4 Å². The molecule has 3 rings (SSSR count). The highest BCUT2D eigenvalue weighted by atomic mass is 16.5. The van der Waals surface area contributed by atoms with Gasteiger partial charge in [0.1, 0.15) is 0 Å². The molecule has 6 heteroatoms. The summed E-state index contributed by atoms with van der Waals surface area (Å²) in [6.07, 6.45) is 2.54. The number of carbonyl (C=O) groups is 1. The van der Waals surface area contributed by atoms with Crippen molar-refractivity contribution in [3.05, 3.63) is 47.6 Å². The Balaban J connectivity index is 1.46. The van der Waals surface area contributed by atoms with E-state index in [0.717, 1.165) is 25.1 Å². The molecule has 2 heterocycles. The van der Waals surface area contributed by atoms with Gasteiger partial charge in [0, 0.05) is 32.0 Å². The highest BCUT2D eigenvalue weighted by Gasteiger charge is 2.36. The number of hydrogen-bond acceptors (Lipinski definition) is 4. The van der Waals surface area contributed by atoms with Gasteiger partial charge in [0.05, 0.1) is 0 Å². The predicted molar refractivity (Wildman–Crippen MR) is 90.7 cm³/mol. The zero-order valence-electron chi connectivity index (χ0n) is 14.3. The van der Waals surface area contributed by atoms with Crippen molar-refractivity contribution in [2.75, 3.05) is 19.6 Å². The number of carbonyl (C=O) groups excluding carboxylic acids is 1. The maximum atomic E-state index is 12.3. The van der Waals surface area contributed by atoms with E-state index in [1.165, 1.54) is 5.56 Å². The van der Waals surface area contributed by atoms with Crippen molar-refractivity contribution in [3.63, 3.8) is 0 Å². The Morgan fingerprint density at radius 3 is 2.62 bits per heavy atom. The van der Waals surface area contributed by atoms with Crippen molar-refractivity contribution in [1.29, 1.82) is 0 Å². The van der Waals surface area contributed by atoms with Crippen LogP contribution in [0.3, 0.4) is 0 Å². The van der Waals surface area contributed by atoms with E-state index in [9.17, 15) is 4.79 Å². The maximum absolute atomic E-state index is 12.3. The predicted octanol–water partition coefficient (Wildman–Crippen LogP) is 2.68. The van der Waals surface area contributed by atoms with Crippen LogP contribution in [0, 0.1) is 6.92 Å². The zero-order chi connectivity index (χ0) is 17.0. The Hall–Kier alpha value is -2.37. The number of hydrogen-bond donors (Lipinski definition) is 1. The molecule has 1 aromatic heterocycles. The first-order chi connectivity index (χ1) is 11.6. The Bertz CT molecular complexity index is 675. The molecule has 2 amide bonds. The lowest BCUT2D eigenvalue weighted by atomic mass is 9.80. The van der Waals surface area contributed by atoms with Crippen LogP contribution >= 0.6 is 0 Å². The van der Waals surface area contributed by atoms with Gasteiger partial charge in [-0.1, -0.05) is 42.4 Å². The number of likely N-dealkylation sites (tertiary alicyclic amines) is 1.